The second kappa shape index (κ2) is 5.97. The summed E-state index contributed by atoms with van der Waals surface area (Å²) in [7, 11) is 0. The molecule has 2 aromatic heterocycles. The number of rotatable bonds is 0. The van der Waals surface area contributed by atoms with E-state index in [4.69, 9.17) is 11.6 Å². The number of nitrogens with zero attached hydrogens (tertiary/aromatic N) is 2. The summed E-state index contributed by atoms with van der Waals surface area (Å²) in [4.78, 5) is 7.93. The smallest absolute Gasteiger partial charge is 0.129 e. The molecule has 0 unspecified atom stereocenters. The van der Waals surface area contributed by atoms with Gasteiger partial charge in [-0.25, -0.2) is 4.98 Å². The summed E-state index contributed by atoms with van der Waals surface area (Å²) in [6.07, 6.45) is 3.46. The molecule has 17 heavy (non-hydrogen) atoms. The molecule has 0 saturated heterocycles. The molecule has 0 fully saturated rings. The van der Waals surface area contributed by atoms with E-state index in [-0.39, 0.29) is 0 Å². The molecule has 0 bridgehead atoms. The first-order valence-electron chi connectivity index (χ1n) is 5.22. The van der Waals surface area contributed by atoms with Crippen LogP contribution >= 0.6 is 11.6 Å². The molecule has 0 aliphatic heterocycles. The highest BCUT2D eigenvalue weighted by atomic mass is 35.5. The lowest BCUT2D eigenvalue weighted by Crippen LogP contribution is -1.73. The number of benzene rings is 1. The van der Waals surface area contributed by atoms with Gasteiger partial charge in [-0.1, -0.05) is 41.9 Å². The number of hydrogen-bond acceptors (Lipinski definition) is 2. The van der Waals surface area contributed by atoms with E-state index in [2.05, 4.69) is 22.1 Å². The maximum Gasteiger partial charge on any atom is 0.129 e. The number of pyridine rings is 2. The molecular formula is C14H11ClN2. The van der Waals surface area contributed by atoms with Crippen LogP contribution in [0.15, 0.2) is 67.0 Å². The van der Waals surface area contributed by atoms with Crippen LogP contribution in [0, 0.1) is 0 Å². The van der Waals surface area contributed by atoms with Crippen molar-refractivity contribution in [1.29, 1.82) is 0 Å². The summed E-state index contributed by atoms with van der Waals surface area (Å²) in [5, 5.41) is 1.74. The van der Waals surface area contributed by atoms with Crippen molar-refractivity contribution in [2.45, 2.75) is 0 Å². The highest BCUT2D eigenvalue weighted by Crippen LogP contribution is 2.07. The van der Waals surface area contributed by atoms with Crippen LogP contribution in [0.4, 0.5) is 0 Å². The zero-order valence-corrected chi connectivity index (χ0v) is 9.88. The van der Waals surface area contributed by atoms with Gasteiger partial charge in [0, 0.05) is 17.8 Å². The average molecular weight is 243 g/mol. The summed E-state index contributed by atoms with van der Waals surface area (Å²) in [5.41, 5.74) is 1.06. The Morgan fingerprint density at radius 1 is 0.706 bits per heavy atom. The normalized spacial score (nSPS) is 9.47. The molecule has 0 aliphatic rings. The highest BCUT2D eigenvalue weighted by Gasteiger charge is 1.86. The van der Waals surface area contributed by atoms with Crippen LogP contribution in [-0.4, -0.2) is 9.97 Å². The molecular weight excluding hydrogens is 232 g/mol. The Morgan fingerprint density at radius 3 is 2.06 bits per heavy atom. The predicted octanol–water partition coefficient (Wildman–Crippen LogP) is 3.97. The summed E-state index contributed by atoms with van der Waals surface area (Å²) in [5.74, 6) is 0. The molecule has 0 amide bonds. The molecule has 0 saturated carbocycles. The minimum Gasteiger partial charge on any atom is -0.256 e. The zero-order valence-electron chi connectivity index (χ0n) is 9.12. The fourth-order valence-corrected chi connectivity index (χ4v) is 1.49. The van der Waals surface area contributed by atoms with E-state index < -0.39 is 0 Å². The van der Waals surface area contributed by atoms with Crippen LogP contribution < -0.4 is 0 Å². The Balaban J connectivity index is 0.000000136. The third kappa shape index (κ3) is 3.54. The van der Waals surface area contributed by atoms with Gasteiger partial charge in [-0.3, -0.25) is 4.98 Å². The number of para-hydroxylation sites is 1. The molecule has 0 aliphatic carbocycles. The van der Waals surface area contributed by atoms with Gasteiger partial charge in [-0.2, -0.15) is 0 Å². The molecule has 3 rings (SSSR count). The largest absolute Gasteiger partial charge is 0.256 e. The van der Waals surface area contributed by atoms with Crippen LogP contribution in [0.5, 0.6) is 0 Å². The first-order valence-corrected chi connectivity index (χ1v) is 5.60. The Morgan fingerprint density at radius 2 is 1.41 bits per heavy atom. The van der Waals surface area contributed by atoms with Gasteiger partial charge in [0.05, 0.1) is 5.52 Å². The van der Waals surface area contributed by atoms with Crippen molar-refractivity contribution in [3.05, 3.63) is 72.1 Å². The van der Waals surface area contributed by atoms with Gasteiger partial charge in [-0.05, 0) is 24.3 Å². The lowest BCUT2D eigenvalue weighted by atomic mass is 10.2. The summed E-state index contributed by atoms with van der Waals surface area (Å²) in [6, 6.07) is 17.5. The Labute approximate surface area is 105 Å². The second-order valence-electron chi connectivity index (χ2n) is 3.35. The van der Waals surface area contributed by atoms with Crippen molar-refractivity contribution in [2.75, 3.05) is 0 Å². The molecule has 3 heteroatoms. The molecule has 1 aromatic carbocycles. The van der Waals surface area contributed by atoms with E-state index in [0.717, 1.165) is 5.52 Å². The van der Waals surface area contributed by atoms with Gasteiger partial charge in [-0.15, -0.1) is 0 Å². The van der Waals surface area contributed by atoms with E-state index in [1.54, 1.807) is 12.3 Å². The van der Waals surface area contributed by atoms with Crippen LogP contribution in [0.3, 0.4) is 0 Å². The summed E-state index contributed by atoms with van der Waals surface area (Å²) >= 11 is 5.43. The molecule has 0 spiro atoms. The Hall–Kier alpha value is -1.93. The maximum atomic E-state index is 5.43. The predicted molar refractivity (Wildman–Crippen MR) is 71.0 cm³/mol. The average Bonchev–Trinajstić information content (AvgIpc) is 2.41. The second-order valence-corrected chi connectivity index (χ2v) is 3.74. The van der Waals surface area contributed by atoms with Gasteiger partial charge in [0.1, 0.15) is 5.15 Å². The van der Waals surface area contributed by atoms with Crippen molar-refractivity contribution in [1.82, 2.24) is 9.97 Å². The van der Waals surface area contributed by atoms with E-state index in [1.807, 2.05) is 42.6 Å². The molecule has 84 valence electrons. The van der Waals surface area contributed by atoms with E-state index >= 15 is 0 Å². The lowest BCUT2D eigenvalue weighted by Gasteiger charge is -1.91. The third-order valence-electron chi connectivity index (χ3n) is 2.14. The Kier molecular flexibility index (Phi) is 4.05. The zero-order chi connectivity index (χ0) is 11.9. The molecule has 2 nitrogen and oxygen atoms in total. The van der Waals surface area contributed by atoms with Gasteiger partial charge in [0.2, 0.25) is 0 Å². The molecule has 0 atom stereocenters. The number of aromatic nitrogens is 2. The first kappa shape index (κ1) is 11.6. The molecule has 3 aromatic rings. The van der Waals surface area contributed by atoms with E-state index in [9.17, 15) is 0 Å². The van der Waals surface area contributed by atoms with Crippen LogP contribution in [0.25, 0.3) is 10.9 Å². The number of halogens is 1. The van der Waals surface area contributed by atoms with E-state index in [0.29, 0.717) is 5.15 Å². The summed E-state index contributed by atoms with van der Waals surface area (Å²) < 4.78 is 0. The maximum absolute atomic E-state index is 5.43. The highest BCUT2D eigenvalue weighted by molar-refractivity contribution is 6.29. The standard InChI is InChI=1S/C9H7N.C5H4ClN/c1-2-6-9-8(4-1)5-3-7-10-9;6-5-3-1-2-4-7-5/h1-7H;1-4H. The topological polar surface area (TPSA) is 25.8 Å². The number of hydrogen-bond donors (Lipinski definition) is 0. The van der Waals surface area contributed by atoms with Crippen molar-refractivity contribution >= 4 is 22.5 Å². The molecule has 2 heterocycles. The van der Waals surface area contributed by atoms with Crippen molar-refractivity contribution in [3.63, 3.8) is 0 Å². The van der Waals surface area contributed by atoms with Gasteiger partial charge >= 0.3 is 0 Å². The van der Waals surface area contributed by atoms with Crippen LogP contribution in [-0.2, 0) is 0 Å². The monoisotopic (exact) mass is 242 g/mol. The van der Waals surface area contributed by atoms with Gasteiger partial charge in [0.25, 0.3) is 0 Å². The third-order valence-corrected chi connectivity index (χ3v) is 2.36. The van der Waals surface area contributed by atoms with Gasteiger partial charge < -0.3 is 0 Å². The fraction of sp³-hybridized carbons (Fsp3) is 0. The first-order chi connectivity index (χ1) is 8.36. The van der Waals surface area contributed by atoms with Crippen molar-refractivity contribution < 1.29 is 0 Å². The Bertz CT molecular complexity index is 516. The fourth-order valence-electron chi connectivity index (χ4n) is 1.36. The SMILES string of the molecule is Clc1ccccn1.c1ccc2ncccc2c1. The van der Waals surface area contributed by atoms with Crippen molar-refractivity contribution in [3.8, 4) is 0 Å². The molecule has 0 radical (unpaired) electrons. The minimum absolute atomic E-state index is 0.544. The van der Waals surface area contributed by atoms with E-state index in [1.165, 1.54) is 5.39 Å². The quantitative estimate of drug-likeness (QED) is 0.558. The lowest BCUT2D eigenvalue weighted by molar-refractivity contribution is 1.33. The van der Waals surface area contributed by atoms with Crippen molar-refractivity contribution in [2.24, 2.45) is 0 Å². The summed E-state index contributed by atoms with van der Waals surface area (Å²) in [6.45, 7) is 0. The van der Waals surface area contributed by atoms with Gasteiger partial charge in [0.15, 0.2) is 0 Å². The number of fused-ring (bicyclic) bond motifs is 1. The molecule has 0 N–H and O–H groups in total. The van der Waals surface area contributed by atoms with Crippen LogP contribution in [0.1, 0.15) is 0 Å². The van der Waals surface area contributed by atoms with Crippen LogP contribution in [0.2, 0.25) is 5.15 Å². The minimum atomic E-state index is 0.544.